The van der Waals surface area contributed by atoms with Crippen LogP contribution >= 0.6 is 0 Å². The Bertz CT molecular complexity index is 632. The first kappa shape index (κ1) is 16.2. The quantitative estimate of drug-likeness (QED) is 0.849. The minimum absolute atomic E-state index is 0.121. The summed E-state index contributed by atoms with van der Waals surface area (Å²) in [6.07, 6.45) is 3.34. The molecular formula is C16H23N5O. The maximum Gasteiger partial charge on any atom is 0.237 e. The summed E-state index contributed by atoms with van der Waals surface area (Å²) in [4.78, 5) is 16.2. The van der Waals surface area contributed by atoms with Crippen LogP contribution in [0, 0.1) is 13.8 Å². The summed E-state index contributed by atoms with van der Waals surface area (Å²) < 4.78 is 1.80. The molecule has 0 aliphatic rings. The molecule has 3 N–H and O–H groups in total. The molecule has 22 heavy (non-hydrogen) atoms. The van der Waals surface area contributed by atoms with E-state index >= 15 is 0 Å². The number of nitrogens with zero attached hydrogens (tertiary/aromatic N) is 3. The van der Waals surface area contributed by atoms with Gasteiger partial charge < -0.3 is 11.1 Å². The minimum Gasteiger partial charge on any atom is -0.351 e. The predicted octanol–water partition coefficient (Wildman–Crippen LogP) is 1.63. The van der Waals surface area contributed by atoms with E-state index < -0.39 is 6.04 Å². The molecule has 2 rings (SSSR count). The zero-order valence-electron chi connectivity index (χ0n) is 13.3. The van der Waals surface area contributed by atoms with Crippen LogP contribution in [0.1, 0.15) is 36.7 Å². The van der Waals surface area contributed by atoms with Gasteiger partial charge in [0.15, 0.2) is 5.82 Å². The Kier molecular flexibility index (Phi) is 5.27. The van der Waals surface area contributed by atoms with Crippen LogP contribution in [0.25, 0.3) is 5.82 Å². The highest BCUT2D eigenvalue weighted by Gasteiger charge is 2.11. The van der Waals surface area contributed by atoms with Crippen LogP contribution in [0.3, 0.4) is 0 Å². The Morgan fingerprint density at radius 2 is 2.18 bits per heavy atom. The van der Waals surface area contributed by atoms with E-state index in [9.17, 15) is 4.79 Å². The van der Waals surface area contributed by atoms with Crippen molar-refractivity contribution in [3.63, 3.8) is 0 Å². The molecule has 0 aromatic carbocycles. The van der Waals surface area contributed by atoms with Crippen LogP contribution in [0.4, 0.5) is 0 Å². The number of pyridine rings is 1. The summed E-state index contributed by atoms with van der Waals surface area (Å²) in [5.41, 5.74) is 8.70. The van der Waals surface area contributed by atoms with Crippen LogP contribution in [0.2, 0.25) is 0 Å². The van der Waals surface area contributed by atoms with Crippen LogP contribution < -0.4 is 11.1 Å². The SMILES string of the molecule is CCCC(N)C(=O)NCc1ccc(-n2nc(C)cc2C)nc1. The molecule has 0 aliphatic heterocycles. The van der Waals surface area contributed by atoms with E-state index in [1.807, 2.05) is 39.0 Å². The lowest BCUT2D eigenvalue weighted by Gasteiger charge is -2.11. The second-order valence-electron chi connectivity index (χ2n) is 5.48. The van der Waals surface area contributed by atoms with Crippen molar-refractivity contribution in [3.05, 3.63) is 41.3 Å². The molecule has 6 heteroatoms. The first-order valence-corrected chi connectivity index (χ1v) is 7.53. The molecule has 0 aliphatic carbocycles. The van der Waals surface area contributed by atoms with Gasteiger partial charge in [0.2, 0.25) is 5.91 Å². The molecule has 2 aromatic heterocycles. The third-order valence-electron chi connectivity index (χ3n) is 3.44. The average Bonchev–Trinajstić information content (AvgIpc) is 2.84. The molecule has 0 spiro atoms. The zero-order chi connectivity index (χ0) is 16.1. The van der Waals surface area contributed by atoms with Gasteiger partial charge in [-0.3, -0.25) is 4.79 Å². The molecule has 0 saturated heterocycles. The molecule has 2 heterocycles. The van der Waals surface area contributed by atoms with E-state index in [1.54, 1.807) is 10.9 Å². The summed E-state index contributed by atoms with van der Waals surface area (Å²) in [5.74, 6) is 0.646. The Morgan fingerprint density at radius 1 is 1.41 bits per heavy atom. The molecule has 0 bridgehead atoms. The highest BCUT2D eigenvalue weighted by Crippen LogP contribution is 2.10. The first-order chi connectivity index (χ1) is 10.5. The highest BCUT2D eigenvalue weighted by atomic mass is 16.2. The number of hydrogen-bond donors (Lipinski definition) is 2. The number of hydrogen-bond acceptors (Lipinski definition) is 4. The molecule has 0 fully saturated rings. The van der Waals surface area contributed by atoms with Crippen molar-refractivity contribution in [1.82, 2.24) is 20.1 Å². The van der Waals surface area contributed by atoms with E-state index in [-0.39, 0.29) is 5.91 Å². The number of aryl methyl sites for hydroxylation is 2. The molecule has 1 amide bonds. The Hall–Kier alpha value is -2.21. The maximum absolute atomic E-state index is 11.8. The van der Waals surface area contributed by atoms with E-state index in [4.69, 9.17) is 5.73 Å². The van der Waals surface area contributed by atoms with E-state index in [0.29, 0.717) is 13.0 Å². The molecule has 118 valence electrons. The van der Waals surface area contributed by atoms with Crippen molar-refractivity contribution < 1.29 is 4.79 Å². The molecule has 0 saturated carbocycles. The van der Waals surface area contributed by atoms with E-state index in [2.05, 4.69) is 15.4 Å². The van der Waals surface area contributed by atoms with Gasteiger partial charge in [0.25, 0.3) is 0 Å². The number of rotatable bonds is 6. The molecular weight excluding hydrogens is 278 g/mol. The fraction of sp³-hybridized carbons (Fsp3) is 0.438. The van der Waals surface area contributed by atoms with Crippen molar-refractivity contribution >= 4 is 5.91 Å². The maximum atomic E-state index is 11.8. The molecule has 6 nitrogen and oxygen atoms in total. The summed E-state index contributed by atoms with van der Waals surface area (Å²) in [6.45, 7) is 6.38. The van der Waals surface area contributed by atoms with Crippen LogP contribution in [-0.4, -0.2) is 26.7 Å². The average molecular weight is 301 g/mol. The number of nitrogens with two attached hydrogens (primary N) is 1. The molecule has 0 radical (unpaired) electrons. The minimum atomic E-state index is -0.438. The summed E-state index contributed by atoms with van der Waals surface area (Å²) in [6, 6.07) is 5.40. The number of carbonyl (C=O) groups excluding carboxylic acids is 1. The van der Waals surface area contributed by atoms with Crippen molar-refractivity contribution in [2.24, 2.45) is 5.73 Å². The summed E-state index contributed by atoms with van der Waals surface area (Å²) in [5, 5.41) is 7.23. The van der Waals surface area contributed by atoms with E-state index in [0.717, 1.165) is 29.2 Å². The predicted molar refractivity (Wildman–Crippen MR) is 85.6 cm³/mol. The Morgan fingerprint density at radius 3 is 2.73 bits per heavy atom. The molecule has 1 unspecified atom stereocenters. The Labute approximate surface area is 130 Å². The Balaban J connectivity index is 1.98. The van der Waals surface area contributed by atoms with Crippen molar-refractivity contribution in [3.8, 4) is 5.82 Å². The smallest absolute Gasteiger partial charge is 0.237 e. The lowest BCUT2D eigenvalue weighted by Crippen LogP contribution is -2.40. The van der Waals surface area contributed by atoms with Gasteiger partial charge in [-0.15, -0.1) is 0 Å². The monoisotopic (exact) mass is 301 g/mol. The van der Waals surface area contributed by atoms with Crippen molar-refractivity contribution in [2.75, 3.05) is 0 Å². The zero-order valence-corrected chi connectivity index (χ0v) is 13.3. The van der Waals surface area contributed by atoms with E-state index in [1.165, 1.54) is 0 Å². The van der Waals surface area contributed by atoms with Gasteiger partial charge in [-0.2, -0.15) is 5.10 Å². The van der Waals surface area contributed by atoms with Crippen LogP contribution in [0.5, 0.6) is 0 Å². The second kappa shape index (κ2) is 7.17. The highest BCUT2D eigenvalue weighted by molar-refractivity contribution is 5.81. The standard InChI is InChI=1S/C16H23N5O/c1-4-5-14(17)16(22)19-10-13-6-7-15(18-9-13)21-12(3)8-11(2)20-21/h6-9,14H,4-5,10,17H2,1-3H3,(H,19,22). The van der Waals surface area contributed by atoms with Gasteiger partial charge in [0.1, 0.15) is 0 Å². The fourth-order valence-electron chi connectivity index (χ4n) is 2.27. The third kappa shape index (κ3) is 3.92. The number of carbonyl (C=O) groups is 1. The lowest BCUT2D eigenvalue weighted by molar-refractivity contribution is -0.122. The normalized spacial score (nSPS) is 12.2. The number of aromatic nitrogens is 3. The van der Waals surface area contributed by atoms with Crippen molar-refractivity contribution in [2.45, 2.75) is 46.2 Å². The second-order valence-corrected chi connectivity index (χ2v) is 5.48. The van der Waals surface area contributed by atoms with Gasteiger partial charge in [-0.1, -0.05) is 19.4 Å². The first-order valence-electron chi connectivity index (χ1n) is 7.53. The van der Waals surface area contributed by atoms with Gasteiger partial charge in [0.05, 0.1) is 11.7 Å². The van der Waals surface area contributed by atoms with Crippen LogP contribution in [0.15, 0.2) is 24.4 Å². The largest absolute Gasteiger partial charge is 0.351 e. The van der Waals surface area contributed by atoms with Crippen LogP contribution in [-0.2, 0) is 11.3 Å². The molecule has 1 atom stereocenters. The summed E-state index contributed by atoms with van der Waals surface area (Å²) >= 11 is 0. The van der Waals surface area contributed by atoms with Gasteiger partial charge in [-0.05, 0) is 38.0 Å². The summed E-state index contributed by atoms with van der Waals surface area (Å²) in [7, 11) is 0. The molecule has 2 aromatic rings. The number of amides is 1. The van der Waals surface area contributed by atoms with Gasteiger partial charge in [0, 0.05) is 18.4 Å². The lowest BCUT2D eigenvalue weighted by atomic mass is 10.1. The fourth-order valence-corrected chi connectivity index (χ4v) is 2.27. The van der Waals surface area contributed by atoms with Gasteiger partial charge in [-0.25, -0.2) is 9.67 Å². The topological polar surface area (TPSA) is 85.8 Å². The number of nitrogens with one attached hydrogen (secondary N) is 1. The van der Waals surface area contributed by atoms with Crippen molar-refractivity contribution in [1.29, 1.82) is 0 Å². The van der Waals surface area contributed by atoms with Gasteiger partial charge >= 0.3 is 0 Å². The third-order valence-corrected chi connectivity index (χ3v) is 3.44.